The largest absolute Gasteiger partial charge is 0.288 e. The van der Waals surface area contributed by atoms with Gasteiger partial charge in [0.2, 0.25) is 0 Å². The third kappa shape index (κ3) is 3.76. The lowest BCUT2D eigenvalue weighted by Gasteiger charge is -2.12. The molecule has 0 saturated carbocycles. The summed E-state index contributed by atoms with van der Waals surface area (Å²) in [6.07, 6.45) is 1.57. The second-order valence-electron chi connectivity index (χ2n) is 2.43. The standard InChI is InChI=1S/C9H12N2.C2H6/c1-3-11(10)9-6-4-8(2)5-7-9;1-2/h3-7H,1,10H2,2H3;1-2H3. The number of hydrogen-bond donors (Lipinski definition) is 1. The molecule has 2 nitrogen and oxygen atoms in total. The van der Waals surface area contributed by atoms with Gasteiger partial charge in [0.25, 0.3) is 0 Å². The summed E-state index contributed by atoms with van der Waals surface area (Å²) in [5, 5.41) is 1.49. The molecule has 0 aromatic heterocycles. The number of aryl methyl sites for hydroxylation is 1. The maximum atomic E-state index is 5.56. The van der Waals surface area contributed by atoms with Gasteiger partial charge in [-0.2, -0.15) is 0 Å². The summed E-state index contributed by atoms with van der Waals surface area (Å²) in [6.45, 7) is 9.60. The minimum Gasteiger partial charge on any atom is -0.288 e. The van der Waals surface area contributed by atoms with Crippen molar-refractivity contribution < 1.29 is 0 Å². The van der Waals surface area contributed by atoms with Gasteiger partial charge in [-0.25, -0.2) is 5.84 Å². The Morgan fingerprint density at radius 2 is 1.69 bits per heavy atom. The van der Waals surface area contributed by atoms with Crippen LogP contribution in [0, 0.1) is 6.92 Å². The summed E-state index contributed by atoms with van der Waals surface area (Å²) >= 11 is 0. The molecule has 0 bridgehead atoms. The van der Waals surface area contributed by atoms with E-state index in [2.05, 4.69) is 6.58 Å². The minimum absolute atomic E-state index is 0.950. The highest BCUT2D eigenvalue weighted by Crippen LogP contribution is 2.11. The molecule has 72 valence electrons. The SMILES string of the molecule is C=CN(N)c1ccc(C)cc1.CC. The molecule has 0 spiro atoms. The van der Waals surface area contributed by atoms with E-state index in [1.165, 1.54) is 10.6 Å². The second kappa shape index (κ2) is 6.26. The van der Waals surface area contributed by atoms with Crippen molar-refractivity contribution in [3.63, 3.8) is 0 Å². The third-order valence-corrected chi connectivity index (χ3v) is 1.53. The average molecular weight is 178 g/mol. The zero-order valence-corrected chi connectivity index (χ0v) is 8.62. The van der Waals surface area contributed by atoms with Crippen LogP contribution in [0.15, 0.2) is 37.0 Å². The van der Waals surface area contributed by atoms with E-state index in [0.29, 0.717) is 0 Å². The highest BCUT2D eigenvalue weighted by atomic mass is 15.4. The van der Waals surface area contributed by atoms with E-state index in [9.17, 15) is 0 Å². The quantitative estimate of drug-likeness (QED) is 0.557. The van der Waals surface area contributed by atoms with Crippen molar-refractivity contribution in [1.29, 1.82) is 0 Å². The van der Waals surface area contributed by atoms with Crippen molar-refractivity contribution in [3.8, 4) is 0 Å². The summed E-state index contributed by atoms with van der Waals surface area (Å²) in [5.74, 6) is 5.56. The molecule has 1 aromatic carbocycles. The van der Waals surface area contributed by atoms with Gasteiger partial charge in [-0.1, -0.05) is 38.1 Å². The molecule has 0 atom stereocenters. The van der Waals surface area contributed by atoms with Crippen LogP contribution in [0.25, 0.3) is 0 Å². The Bertz CT molecular complexity index is 239. The van der Waals surface area contributed by atoms with Crippen molar-refractivity contribution >= 4 is 5.69 Å². The Balaban J connectivity index is 0.000000671. The number of nitrogens with zero attached hydrogens (tertiary/aromatic N) is 1. The van der Waals surface area contributed by atoms with Crippen LogP contribution in [-0.2, 0) is 0 Å². The minimum atomic E-state index is 0.950. The molecule has 0 aliphatic carbocycles. The van der Waals surface area contributed by atoms with Gasteiger partial charge in [0.1, 0.15) is 0 Å². The molecule has 2 heteroatoms. The van der Waals surface area contributed by atoms with Crippen LogP contribution in [0.5, 0.6) is 0 Å². The van der Waals surface area contributed by atoms with Crippen LogP contribution in [0.3, 0.4) is 0 Å². The van der Waals surface area contributed by atoms with Gasteiger partial charge >= 0.3 is 0 Å². The van der Waals surface area contributed by atoms with E-state index in [-0.39, 0.29) is 0 Å². The molecule has 0 amide bonds. The smallest absolute Gasteiger partial charge is 0.0568 e. The normalized spacial score (nSPS) is 8.31. The molecule has 1 rings (SSSR count). The van der Waals surface area contributed by atoms with Gasteiger partial charge in [-0.3, -0.25) is 5.01 Å². The van der Waals surface area contributed by atoms with E-state index in [0.717, 1.165) is 5.69 Å². The number of hydrogen-bond acceptors (Lipinski definition) is 2. The van der Waals surface area contributed by atoms with Crippen LogP contribution in [0.2, 0.25) is 0 Å². The van der Waals surface area contributed by atoms with Crippen molar-refractivity contribution in [2.75, 3.05) is 5.01 Å². The van der Waals surface area contributed by atoms with Gasteiger partial charge in [0.05, 0.1) is 5.69 Å². The molecule has 0 radical (unpaired) electrons. The third-order valence-electron chi connectivity index (χ3n) is 1.53. The molecule has 13 heavy (non-hydrogen) atoms. The molecule has 0 saturated heterocycles. The lowest BCUT2D eigenvalue weighted by molar-refractivity contribution is 1.08. The van der Waals surface area contributed by atoms with E-state index >= 15 is 0 Å². The first-order valence-electron chi connectivity index (χ1n) is 4.47. The van der Waals surface area contributed by atoms with Crippen LogP contribution in [0.1, 0.15) is 19.4 Å². The molecular formula is C11H18N2. The average Bonchev–Trinajstić information content (AvgIpc) is 2.21. The molecule has 0 unspecified atom stereocenters. The topological polar surface area (TPSA) is 29.3 Å². The van der Waals surface area contributed by atoms with Crippen molar-refractivity contribution in [2.45, 2.75) is 20.8 Å². The summed E-state index contributed by atoms with van der Waals surface area (Å²) in [5.41, 5.74) is 2.18. The van der Waals surface area contributed by atoms with Crippen molar-refractivity contribution in [3.05, 3.63) is 42.6 Å². The van der Waals surface area contributed by atoms with Gasteiger partial charge in [0.15, 0.2) is 0 Å². The summed E-state index contributed by atoms with van der Waals surface area (Å²) in [4.78, 5) is 0. The Morgan fingerprint density at radius 3 is 2.08 bits per heavy atom. The first kappa shape index (κ1) is 11.7. The van der Waals surface area contributed by atoms with Gasteiger partial charge in [-0.05, 0) is 19.1 Å². The van der Waals surface area contributed by atoms with Crippen molar-refractivity contribution in [2.24, 2.45) is 5.84 Å². The lowest BCUT2D eigenvalue weighted by atomic mass is 10.2. The second-order valence-corrected chi connectivity index (χ2v) is 2.43. The molecule has 0 aliphatic heterocycles. The summed E-state index contributed by atoms with van der Waals surface area (Å²) in [6, 6.07) is 7.94. The number of hydrazine groups is 1. The molecule has 2 N–H and O–H groups in total. The van der Waals surface area contributed by atoms with Crippen LogP contribution < -0.4 is 10.9 Å². The zero-order valence-electron chi connectivity index (χ0n) is 8.62. The predicted octanol–water partition coefficient (Wildman–Crippen LogP) is 2.84. The molecular weight excluding hydrogens is 160 g/mol. The van der Waals surface area contributed by atoms with Gasteiger partial charge < -0.3 is 0 Å². The lowest BCUT2D eigenvalue weighted by Crippen LogP contribution is -2.23. The highest BCUT2D eigenvalue weighted by Gasteiger charge is 1.93. The maximum Gasteiger partial charge on any atom is 0.0568 e. The number of anilines is 1. The highest BCUT2D eigenvalue weighted by molar-refractivity contribution is 5.47. The molecule has 0 fully saturated rings. The van der Waals surface area contributed by atoms with Crippen molar-refractivity contribution in [1.82, 2.24) is 0 Å². The predicted molar refractivity (Wildman–Crippen MR) is 59.4 cm³/mol. The first-order chi connectivity index (χ1) is 6.24. The number of nitrogens with two attached hydrogens (primary N) is 1. The van der Waals surface area contributed by atoms with Gasteiger partial charge in [-0.15, -0.1) is 0 Å². The van der Waals surface area contributed by atoms with Gasteiger partial charge in [0, 0.05) is 6.20 Å². The molecule has 0 aliphatic rings. The Morgan fingerprint density at radius 1 is 1.23 bits per heavy atom. The fourth-order valence-electron chi connectivity index (χ4n) is 0.822. The Labute approximate surface area is 80.6 Å². The number of rotatable bonds is 2. The summed E-state index contributed by atoms with van der Waals surface area (Å²) < 4.78 is 0. The van der Waals surface area contributed by atoms with E-state index < -0.39 is 0 Å². The fraction of sp³-hybridized carbons (Fsp3) is 0.273. The van der Waals surface area contributed by atoms with E-state index in [1.807, 2.05) is 45.0 Å². The van der Waals surface area contributed by atoms with E-state index in [4.69, 9.17) is 5.84 Å². The maximum absolute atomic E-state index is 5.56. The summed E-state index contributed by atoms with van der Waals surface area (Å²) in [7, 11) is 0. The Hall–Kier alpha value is -1.28. The zero-order chi connectivity index (χ0) is 10.3. The molecule has 0 heterocycles. The van der Waals surface area contributed by atoms with Crippen LogP contribution >= 0.6 is 0 Å². The Kier molecular flexibility index (Phi) is 5.64. The fourth-order valence-corrected chi connectivity index (χ4v) is 0.822. The monoisotopic (exact) mass is 178 g/mol. The number of benzene rings is 1. The van der Waals surface area contributed by atoms with Crippen LogP contribution in [0.4, 0.5) is 5.69 Å². The molecule has 1 aromatic rings. The van der Waals surface area contributed by atoms with E-state index in [1.54, 1.807) is 6.20 Å². The first-order valence-corrected chi connectivity index (χ1v) is 4.47. The van der Waals surface area contributed by atoms with Crippen LogP contribution in [-0.4, -0.2) is 0 Å².